The first-order chi connectivity index (χ1) is 9.88. The Kier molecular flexibility index (Phi) is 10.5. The Labute approximate surface area is 124 Å². The lowest BCUT2D eigenvalue weighted by molar-refractivity contribution is 0.184. The van der Waals surface area contributed by atoms with Gasteiger partial charge in [0, 0.05) is 25.7 Å². The first-order valence-corrected chi connectivity index (χ1v) is 8.40. The molecular weight excluding hydrogens is 248 g/mol. The molecule has 0 saturated carbocycles. The maximum absolute atomic E-state index is 8.98. The highest BCUT2D eigenvalue weighted by Crippen LogP contribution is 2.12. The molecule has 3 heteroatoms. The summed E-state index contributed by atoms with van der Waals surface area (Å²) in [4.78, 5) is 6.67. The van der Waals surface area contributed by atoms with E-state index in [9.17, 15) is 0 Å². The van der Waals surface area contributed by atoms with E-state index in [4.69, 9.17) is 5.11 Å². The molecule has 0 aromatic rings. The third-order valence-corrected chi connectivity index (χ3v) is 3.89. The van der Waals surface area contributed by atoms with Gasteiger partial charge in [-0.25, -0.2) is 0 Å². The number of aliphatic hydroxyl groups is 1. The Hall–Kier alpha value is -0.670. The molecule has 1 rings (SSSR count). The van der Waals surface area contributed by atoms with Crippen LogP contribution in [-0.2, 0) is 0 Å². The van der Waals surface area contributed by atoms with Crippen LogP contribution in [0.4, 0.5) is 0 Å². The van der Waals surface area contributed by atoms with E-state index in [0.29, 0.717) is 0 Å². The Bertz CT molecular complexity index is 276. The second kappa shape index (κ2) is 12.1. The highest BCUT2D eigenvalue weighted by atomic mass is 16.3. The number of unbranched alkanes of at least 4 members (excludes halogenated alkanes) is 7. The summed E-state index contributed by atoms with van der Waals surface area (Å²) in [6.45, 7) is 4.11. The van der Waals surface area contributed by atoms with Crippen LogP contribution >= 0.6 is 0 Å². The SMILES string of the molecule is CCCCCCCCC/C=C/CC1N=CCN1CCO. The van der Waals surface area contributed by atoms with Gasteiger partial charge in [0.2, 0.25) is 0 Å². The molecule has 0 amide bonds. The van der Waals surface area contributed by atoms with Gasteiger partial charge >= 0.3 is 0 Å². The third kappa shape index (κ3) is 7.81. The van der Waals surface area contributed by atoms with Crippen LogP contribution < -0.4 is 0 Å². The Balaban J connectivity index is 1.95. The van der Waals surface area contributed by atoms with Crippen molar-refractivity contribution in [2.45, 2.75) is 70.9 Å². The minimum Gasteiger partial charge on any atom is -0.395 e. The molecule has 0 aliphatic carbocycles. The normalized spacial score (nSPS) is 19.4. The molecule has 0 spiro atoms. The Morgan fingerprint density at radius 1 is 1.15 bits per heavy atom. The molecule has 1 aliphatic heterocycles. The second-order valence-corrected chi connectivity index (χ2v) is 5.65. The molecule has 0 saturated heterocycles. The number of nitrogens with zero attached hydrogens (tertiary/aromatic N) is 2. The molecule has 1 aliphatic rings. The number of hydrogen-bond donors (Lipinski definition) is 1. The lowest BCUT2D eigenvalue weighted by atomic mass is 10.1. The summed E-state index contributed by atoms with van der Waals surface area (Å²) in [6.07, 6.45) is 18.6. The molecule has 116 valence electrons. The number of hydrogen-bond acceptors (Lipinski definition) is 3. The van der Waals surface area contributed by atoms with Gasteiger partial charge in [0.15, 0.2) is 0 Å². The van der Waals surface area contributed by atoms with Gasteiger partial charge < -0.3 is 5.11 Å². The first kappa shape index (κ1) is 17.4. The van der Waals surface area contributed by atoms with Crippen LogP contribution in [0.5, 0.6) is 0 Å². The molecule has 0 radical (unpaired) electrons. The molecule has 1 atom stereocenters. The summed E-state index contributed by atoms with van der Waals surface area (Å²) >= 11 is 0. The first-order valence-electron chi connectivity index (χ1n) is 8.40. The Morgan fingerprint density at radius 3 is 2.65 bits per heavy atom. The van der Waals surface area contributed by atoms with Gasteiger partial charge in [-0.3, -0.25) is 9.89 Å². The fourth-order valence-electron chi connectivity index (χ4n) is 2.62. The quantitative estimate of drug-likeness (QED) is 0.436. The number of rotatable bonds is 12. The summed E-state index contributed by atoms with van der Waals surface area (Å²) in [5.41, 5.74) is 0. The average Bonchev–Trinajstić information content (AvgIpc) is 2.89. The van der Waals surface area contributed by atoms with E-state index in [1.165, 1.54) is 51.4 Å². The van der Waals surface area contributed by atoms with Gasteiger partial charge in [-0.2, -0.15) is 0 Å². The van der Waals surface area contributed by atoms with Crippen molar-refractivity contribution in [3.05, 3.63) is 12.2 Å². The molecule has 0 aromatic heterocycles. The molecule has 0 fully saturated rings. The standard InChI is InChI=1S/C17H32N2O/c1-2-3-4-5-6-7-8-9-10-11-12-17-18-13-14-19(17)15-16-20/h10-11,13,17,20H,2-9,12,14-16H2,1H3/b11-10+. The average molecular weight is 280 g/mol. The molecule has 1 N–H and O–H groups in total. The molecule has 3 nitrogen and oxygen atoms in total. The largest absolute Gasteiger partial charge is 0.395 e. The smallest absolute Gasteiger partial charge is 0.105 e. The van der Waals surface area contributed by atoms with Crippen LogP contribution in [0.15, 0.2) is 17.1 Å². The summed E-state index contributed by atoms with van der Waals surface area (Å²) in [6, 6.07) is 0. The van der Waals surface area contributed by atoms with E-state index in [2.05, 4.69) is 29.0 Å². The maximum atomic E-state index is 8.98. The monoisotopic (exact) mass is 280 g/mol. The van der Waals surface area contributed by atoms with Crippen LogP contribution in [0.1, 0.15) is 64.7 Å². The third-order valence-electron chi connectivity index (χ3n) is 3.89. The van der Waals surface area contributed by atoms with Gasteiger partial charge in [0.1, 0.15) is 6.17 Å². The van der Waals surface area contributed by atoms with Crippen LogP contribution in [0, 0.1) is 0 Å². The highest BCUT2D eigenvalue weighted by Gasteiger charge is 2.18. The number of allylic oxidation sites excluding steroid dienone is 1. The fraction of sp³-hybridized carbons (Fsp3) is 0.824. The van der Waals surface area contributed by atoms with E-state index in [0.717, 1.165) is 19.5 Å². The van der Waals surface area contributed by atoms with Crippen LogP contribution in [-0.4, -0.2) is 42.1 Å². The number of aliphatic hydroxyl groups excluding tert-OH is 1. The van der Waals surface area contributed by atoms with Gasteiger partial charge in [-0.05, 0) is 12.8 Å². The van der Waals surface area contributed by atoms with Crippen molar-refractivity contribution in [3.63, 3.8) is 0 Å². The summed E-state index contributed by atoms with van der Waals surface area (Å²) in [5.74, 6) is 0. The molecule has 1 unspecified atom stereocenters. The van der Waals surface area contributed by atoms with E-state index in [-0.39, 0.29) is 12.8 Å². The molecule has 0 aromatic carbocycles. The number of β-amino-alcohol motifs (C(OH)–C–C–N with tert-alkyl or cyclic N) is 1. The minimum absolute atomic E-state index is 0.224. The lowest BCUT2D eigenvalue weighted by Crippen LogP contribution is -2.32. The highest BCUT2D eigenvalue weighted by molar-refractivity contribution is 5.62. The van der Waals surface area contributed by atoms with Crippen molar-refractivity contribution in [1.29, 1.82) is 0 Å². The minimum atomic E-state index is 0.224. The fourth-order valence-corrected chi connectivity index (χ4v) is 2.62. The zero-order chi connectivity index (χ0) is 14.5. The van der Waals surface area contributed by atoms with Crippen LogP contribution in [0.2, 0.25) is 0 Å². The van der Waals surface area contributed by atoms with E-state index in [1.807, 2.05) is 6.21 Å². The van der Waals surface area contributed by atoms with Crippen molar-refractivity contribution in [1.82, 2.24) is 4.90 Å². The Morgan fingerprint density at radius 2 is 1.90 bits per heavy atom. The molecule has 20 heavy (non-hydrogen) atoms. The van der Waals surface area contributed by atoms with Crippen LogP contribution in [0.3, 0.4) is 0 Å². The zero-order valence-corrected chi connectivity index (χ0v) is 13.1. The topological polar surface area (TPSA) is 35.8 Å². The summed E-state index contributed by atoms with van der Waals surface area (Å²) < 4.78 is 0. The number of aliphatic imine (C=N–C) groups is 1. The van der Waals surface area contributed by atoms with Crippen LogP contribution in [0.25, 0.3) is 0 Å². The van der Waals surface area contributed by atoms with Crippen molar-refractivity contribution in [2.75, 3.05) is 19.7 Å². The predicted octanol–water partition coefficient (Wildman–Crippen LogP) is 3.78. The van der Waals surface area contributed by atoms with Crippen molar-refractivity contribution in [3.8, 4) is 0 Å². The van der Waals surface area contributed by atoms with Gasteiger partial charge in [-0.1, -0.05) is 57.6 Å². The van der Waals surface area contributed by atoms with Crippen molar-refractivity contribution < 1.29 is 5.11 Å². The van der Waals surface area contributed by atoms with Gasteiger partial charge in [-0.15, -0.1) is 0 Å². The lowest BCUT2D eigenvalue weighted by Gasteiger charge is -2.20. The van der Waals surface area contributed by atoms with E-state index < -0.39 is 0 Å². The van der Waals surface area contributed by atoms with Crippen molar-refractivity contribution in [2.24, 2.45) is 4.99 Å². The summed E-state index contributed by atoms with van der Waals surface area (Å²) in [5, 5.41) is 8.98. The van der Waals surface area contributed by atoms with Gasteiger partial charge in [0.25, 0.3) is 0 Å². The predicted molar refractivity (Wildman–Crippen MR) is 87.3 cm³/mol. The molecule has 0 bridgehead atoms. The van der Waals surface area contributed by atoms with Gasteiger partial charge in [0.05, 0.1) is 6.61 Å². The van der Waals surface area contributed by atoms with E-state index in [1.54, 1.807) is 0 Å². The second-order valence-electron chi connectivity index (χ2n) is 5.65. The maximum Gasteiger partial charge on any atom is 0.105 e. The van der Waals surface area contributed by atoms with Crippen molar-refractivity contribution >= 4 is 6.21 Å². The van der Waals surface area contributed by atoms with E-state index >= 15 is 0 Å². The summed E-state index contributed by atoms with van der Waals surface area (Å²) in [7, 11) is 0. The molecule has 1 heterocycles. The zero-order valence-electron chi connectivity index (χ0n) is 13.1. The molecular formula is C17H32N2O.